The maximum atomic E-state index is 6.04. The van der Waals surface area contributed by atoms with E-state index >= 15 is 0 Å². The average Bonchev–Trinajstić information content (AvgIpc) is 2.23. The molecule has 1 aliphatic heterocycles. The van der Waals surface area contributed by atoms with Crippen molar-refractivity contribution in [2.24, 2.45) is 10.7 Å². The summed E-state index contributed by atoms with van der Waals surface area (Å²) in [5, 5.41) is 0. The number of benzene rings is 1. The number of nitrogens with two attached hydrogens (primary N) is 1. The maximum absolute atomic E-state index is 6.04. The van der Waals surface area contributed by atoms with Gasteiger partial charge in [0.15, 0.2) is 0 Å². The molecule has 0 amide bonds. The van der Waals surface area contributed by atoms with Gasteiger partial charge < -0.3 is 5.73 Å². The first-order valence-corrected chi connectivity index (χ1v) is 5.20. The second kappa shape index (κ2) is 3.63. The molecule has 0 bridgehead atoms. The molecule has 1 aromatic rings. The molecule has 0 spiro atoms. The Morgan fingerprint density at radius 3 is 2.60 bits per heavy atom. The molecule has 0 aromatic heterocycles. The zero-order valence-electron chi connectivity index (χ0n) is 9.20. The number of dihydropyridines is 1. The minimum absolute atomic E-state index is 0.454. The predicted molar refractivity (Wildman–Crippen MR) is 63.9 cm³/mol. The summed E-state index contributed by atoms with van der Waals surface area (Å²) >= 11 is 0. The third-order valence-corrected chi connectivity index (χ3v) is 2.61. The summed E-state index contributed by atoms with van der Waals surface area (Å²) in [5.74, 6) is 0. The molecule has 2 rings (SSSR count). The number of hydrogen-bond donors (Lipinski definition) is 1. The largest absolute Gasteiger partial charge is 0.307 e. The van der Waals surface area contributed by atoms with Crippen LogP contribution in [0.5, 0.6) is 0 Å². The third kappa shape index (κ3) is 2.16. The average molecular weight is 200 g/mol. The highest BCUT2D eigenvalue weighted by Gasteiger charge is 2.22. The van der Waals surface area contributed by atoms with E-state index in [0.29, 0.717) is 0 Å². The fourth-order valence-electron chi connectivity index (χ4n) is 1.73. The van der Waals surface area contributed by atoms with E-state index in [2.05, 4.69) is 30.1 Å². The third-order valence-electron chi connectivity index (χ3n) is 2.61. The number of rotatable bonds is 1. The molecular formula is C13H16N2. The zero-order valence-corrected chi connectivity index (χ0v) is 9.20. The topological polar surface area (TPSA) is 38.4 Å². The van der Waals surface area contributed by atoms with Crippen LogP contribution in [-0.2, 0) is 0 Å². The van der Waals surface area contributed by atoms with Gasteiger partial charge in [0.05, 0.1) is 5.71 Å². The Labute approximate surface area is 90.5 Å². The Bertz CT molecular complexity index is 413. The van der Waals surface area contributed by atoms with Crippen molar-refractivity contribution in [3.63, 3.8) is 0 Å². The monoisotopic (exact) mass is 200 g/mol. The van der Waals surface area contributed by atoms with Crippen molar-refractivity contribution >= 4 is 5.71 Å². The van der Waals surface area contributed by atoms with Crippen molar-refractivity contribution in [3.05, 3.63) is 47.5 Å². The second-order valence-electron chi connectivity index (χ2n) is 4.27. The van der Waals surface area contributed by atoms with Crippen LogP contribution in [0.4, 0.5) is 0 Å². The SMILES string of the molecule is CC1=CCC(C)(N)N=C1c1ccccc1. The van der Waals surface area contributed by atoms with Crippen molar-refractivity contribution in [3.8, 4) is 0 Å². The van der Waals surface area contributed by atoms with Crippen LogP contribution in [0, 0.1) is 0 Å². The highest BCUT2D eigenvalue weighted by Crippen LogP contribution is 2.21. The van der Waals surface area contributed by atoms with Crippen molar-refractivity contribution in [1.29, 1.82) is 0 Å². The molecule has 78 valence electrons. The molecule has 2 N–H and O–H groups in total. The van der Waals surface area contributed by atoms with Gasteiger partial charge in [-0.2, -0.15) is 0 Å². The van der Waals surface area contributed by atoms with Crippen molar-refractivity contribution < 1.29 is 0 Å². The lowest BCUT2D eigenvalue weighted by atomic mass is 9.96. The fraction of sp³-hybridized carbons (Fsp3) is 0.308. The molecule has 1 heterocycles. The normalized spacial score (nSPS) is 25.8. The van der Waals surface area contributed by atoms with E-state index in [0.717, 1.165) is 17.7 Å². The van der Waals surface area contributed by atoms with E-state index in [1.165, 1.54) is 5.57 Å². The van der Waals surface area contributed by atoms with Gasteiger partial charge in [0.25, 0.3) is 0 Å². The maximum Gasteiger partial charge on any atom is 0.109 e. The van der Waals surface area contributed by atoms with E-state index < -0.39 is 5.66 Å². The van der Waals surface area contributed by atoms with E-state index in [1.807, 2.05) is 25.1 Å². The van der Waals surface area contributed by atoms with E-state index in [1.54, 1.807) is 0 Å². The van der Waals surface area contributed by atoms with Crippen LogP contribution in [0.25, 0.3) is 0 Å². The van der Waals surface area contributed by atoms with Crippen LogP contribution >= 0.6 is 0 Å². The van der Waals surface area contributed by atoms with Gasteiger partial charge in [-0.25, -0.2) is 0 Å². The molecular weight excluding hydrogens is 184 g/mol. The first-order valence-electron chi connectivity index (χ1n) is 5.20. The second-order valence-corrected chi connectivity index (χ2v) is 4.27. The summed E-state index contributed by atoms with van der Waals surface area (Å²) in [6, 6.07) is 10.2. The Kier molecular flexibility index (Phi) is 2.45. The van der Waals surface area contributed by atoms with Gasteiger partial charge in [-0.3, -0.25) is 4.99 Å². The first-order chi connectivity index (χ1) is 7.08. The summed E-state index contributed by atoms with van der Waals surface area (Å²) < 4.78 is 0. The van der Waals surface area contributed by atoms with Crippen LogP contribution in [-0.4, -0.2) is 11.4 Å². The number of aliphatic imine (C=N–C) groups is 1. The highest BCUT2D eigenvalue weighted by molar-refractivity contribution is 6.12. The highest BCUT2D eigenvalue weighted by atomic mass is 15.0. The molecule has 0 saturated heterocycles. The minimum atomic E-state index is -0.454. The Hall–Kier alpha value is -1.41. The summed E-state index contributed by atoms with van der Waals surface area (Å²) in [7, 11) is 0. The number of hydrogen-bond acceptors (Lipinski definition) is 2. The predicted octanol–water partition coefficient (Wildman–Crippen LogP) is 2.50. The Morgan fingerprint density at radius 2 is 1.93 bits per heavy atom. The van der Waals surface area contributed by atoms with Gasteiger partial charge in [-0.1, -0.05) is 36.4 Å². The number of nitrogens with zero attached hydrogens (tertiary/aromatic N) is 1. The lowest BCUT2D eigenvalue weighted by Gasteiger charge is -2.25. The molecule has 0 radical (unpaired) electrons. The minimum Gasteiger partial charge on any atom is -0.307 e. The molecule has 1 aliphatic rings. The zero-order chi connectivity index (χ0) is 10.9. The van der Waals surface area contributed by atoms with Gasteiger partial charge in [0, 0.05) is 6.42 Å². The molecule has 2 heteroatoms. The van der Waals surface area contributed by atoms with Gasteiger partial charge in [0.1, 0.15) is 5.66 Å². The molecule has 15 heavy (non-hydrogen) atoms. The van der Waals surface area contributed by atoms with Crippen LogP contribution in [0.15, 0.2) is 47.0 Å². The van der Waals surface area contributed by atoms with Gasteiger partial charge in [-0.05, 0) is 25.0 Å². The van der Waals surface area contributed by atoms with Crippen molar-refractivity contribution in [2.45, 2.75) is 25.9 Å². The van der Waals surface area contributed by atoms with E-state index in [-0.39, 0.29) is 0 Å². The smallest absolute Gasteiger partial charge is 0.109 e. The molecule has 1 unspecified atom stereocenters. The summed E-state index contributed by atoms with van der Waals surface area (Å²) in [6.45, 7) is 4.04. The lowest BCUT2D eigenvalue weighted by molar-refractivity contribution is 0.495. The van der Waals surface area contributed by atoms with E-state index in [4.69, 9.17) is 5.73 Å². The molecule has 1 aromatic carbocycles. The fourth-order valence-corrected chi connectivity index (χ4v) is 1.73. The molecule has 0 aliphatic carbocycles. The van der Waals surface area contributed by atoms with Crippen molar-refractivity contribution in [2.75, 3.05) is 0 Å². The van der Waals surface area contributed by atoms with Gasteiger partial charge in [0.2, 0.25) is 0 Å². The van der Waals surface area contributed by atoms with Crippen LogP contribution in [0.3, 0.4) is 0 Å². The van der Waals surface area contributed by atoms with Gasteiger partial charge >= 0.3 is 0 Å². The Morgan fingerprint density at radius 1 is 1.27 bits per heavy atom. The molecule has 0 fully saturated rings. The van der Waals surface area contributed by atoms with Crippen LogP contribution < -0.4 is 5.73 Å². The van der Waals surface area contributed by atoms with Crippen molar-refractivity contribution in [1.82, 2.24) is 0 Å². The lowest BCUT2D eigenvalue weighted by Crippen LogP contribution is -2.36. The van der Waals surface area contributed by atoms with E-state index in [9.17, 15) is 0 Å². The first kappa shape index (κ1) is 10.1. The summed E-state index contributed by atoms with van der Waals surface area (Å²) in [6.07, 6.45) is 2.98. The molecule has 2 nitrogen and oxygen atoms in total. The summed E-state index contributed by atoms with van der Waals surface area (Å²) in [5.41, 5.74) is 8.96. The van der Waals surface area contributed by atoms with Gasteiger partial charge in [-0.15, -0.1) is 0 Å². The quantitative estimate of drug-likeness (QED) is 0.743. The molecule has 0 saturated carbocycles. The Balaban J connectivity index is 2.44. The standard InChI is InChI=1S/C13H16N2/c1-10-8-9-13(2,14)15-12(10)11-6-4-3-5-7-11/h3-8H,9,14H2,1-2H3. The number of allylic oxidation sites excluding steroid dienone is 1. The van der Waals surface area contributed by atoms with Crippen LogP contribution in [0.2, 0.25) is 0 Å². The summed E-state index contributed by atoms with van der Waals surface area (Å²) in [4.78, 5) is 4.59. The molecule has 1 atom stereocenters. The van der Waals surface area contributed by atoms with Crippen LogP contribution in [0.1, 0.15) is 25.8 Å².